The molecule has 2 N–H and O–H groups in total. The molecule has 1 aliphatic rings. The van der Waals surface area contributed by atoms with Crippen LogP contribution in [0.4, 0.5) is 10.5 Å². The molecule has 1 aliphatic heterocycles. The number of rotatable bonds is 3. The summed E-state index contributed by atoms with van der Waals surface area (Å²) in [5.74, 6) is -1.20. The second-order valence-corrected chi connectivity index (χ2v) is 7.98. The van der Waals surface area contributed by atoms with Crippen molar-refractivity contribution >= 4 is 29.4 Å². The number of nitrogens with one attached hydrogen (secondary N) is 1. The van der Waals surface area contributed by atoms with E-state index < -0.39 is 23.2 Å². The summed E-state index contributed by atoms with van der Waals surface area (Å²) in [6, 6.07) is 4.82. The molecule has 1 atom stereocenters. The highest BCUT2D eigenvalue weighted by Crippen LogP contribution is 2.35. The van der Waals surface area contributed by atoms with Crippen LogP contribution in [0.3, 0.4) is 0 Å². The fourth-order valence-corrected chi connectivity index (χ4v) is 3.24. The Hall–Kier alpha value is -2.46. The minimum atomic E-state index is -1.20. The standard InChI is InChI=1S/C18H22ClN3O4/c1-17(2,3)26-16(25)21-18(4)7-8-22(10-18)13-6-5-11(15(23)24)12(9-20)14(13)19/h5-6H,7-8,10H2,1-4H3,(H,21,25)(H,23,24). The Balaban J connectivity index is 2.19. The average molecular weight is 380 g/mol. The number of nitrogens with zero attached hydrogens (tertiary/aromatic N) is 2. The lowest BCUT2D eigenvalue weighted by Gasteiger charge is -2.29. The largest absolute Gasteiger partial charge is 0.478 e. The third kappa shape index (κ3) is 4.38. The summed E-state index contributed by atoms with van der Waals surface area (Å²) in [6.07, 6.45) is 0.164. The molecule has 1 unspecified atom stereocenters. The number of halogens is 1. The lowest BCUT2D eigenvalue weighted by Crippen LogP contribution is -2.49. The Morgan fingerprint density at radius 3 is 2.62 bits per heavy atom. The van der Waals surface area contributed by atoms with Crippen LogP contribution in [-0.4, -0.2) is 41.4 Å². The van der Waals surface area contributed by atoms with Gasteiger partial charge < -0.3 is 20.1 Å². The van der Waals surface area contributed by atoms with E-state index in [9.17, 15) is 14.9 Å². The van der Waals surface area contributed by atoms with Crippen molar-refractivity contribution in [2.24, 2.45) is 0 Å². The third-order valence-electron chi connectivity index (χ3n) is 4.08. The van der Waals surface area contributed by atoms with E-state index in [2.05, 4.69) is 5.32 Å². The van der Waals surface area contributed by atoms with E-state index in [1.54, 1.807) is 26.8 Å². The van der Waals surface area contributed by atoms with Crippen LogP contribution in [0.15, 0.2) is 12.1 Å². The molecule has 1 aromatic rings. The number of carbonyl (C=O) groups is 2. The molecule has 0 bridgehead atoms. The van der Waals surface area contributed by atoms with Crippen molar-refractivity contribution in [3.05, 3.63) is 28.3 Å². The van der Waals surface area contributed by atoms with Crippen molar-refractivity contribution in [2.45, 2.75) is 45.3 Å². The second-order valence-electron chi connectivity index (χ2n) is 7.60. The molecular weight excluding hydrogens is 358 g/mol. The van der Waals surface area contributed by atoms with E-state index in [-0.39, 0.29) is 16.1 Å². The SMILES string of the molecule is CC1(NC(=O)OC(C)(C)C)CCN(c2ccc(C(=O)O)c(C#N)c2Cl)C1. The lowest BCUT2D eigenvalue weighted by molar-refractivity contribution is 0.0473. The number of ether oxygens (including phenoxy) is 1. The fraction of sp³-hybridized carbons (Fsp3) is 0.500. The smallest absolute Gasteiger partial charge is 0.408 e. The second kappa shape index (κ2) is 7.04. The van der Waals surface area contributed by atoms with Gasteiger partial charge in [0.2, 0.25) is 0 Å². The Bertz CT molecular complexity index is 782. The zero-order chi connectivity index (χ0) is 19.7. The first-order valence-corrected chi connectivity index (χ1v) is 8.55. The first kappa shape index (κ1) is 19.9. The van der Waals surface area contributed by atoms with Crippen LogP contribution < -0.4 is 10.2 Å². The van der Waals surface area contributed by atoms with Gasteiger partial charge in [0, 0.05) is 13.1 Å². The zero-order valence-corrected chi connectivity index (χ0v) is 16.0. The molecule has 0 aliphatic carbocycles. The van der Waals surface area contributed by atoms with Crippen LogP contribution in [-0.2, 0) is 4.74 Å². The van der Waals surface area contributed by atoms with Crippen LogP contribution in [0.2, 0.25) is 5.02 Å². The van der Waals surface area contributed by atoms with E-state index in [1.807, 2.05) is 17.9 Å². The number of aromatic carboxylic acids is 1. The fourth-order valence-electron chi connectivity index (χ4n) is 2.92. The molecule has 7 nitrogen and oxygen atoms in total. The molecule has 1 fully saturated rings. The van der Waals surface area contributed by atoms with E-state index >= 15 is 0 Å². The van der Waals surface area contributed by atoms with E-state index in [1.165, 1.54) is 6.07 Å². The van der Waals surface area contributed by atoms with Crippen LogP contribution in [0.25, 0.3) is 0 Å². The number of anilines is 1. The Labute approximate surface area is 157 Å². The van der Waals surface area contributed by atoms with Gasteiger partial charge in [0.1, 0.15) is 11.7 Å². The summed E-state index contributed by atoms with van der Waals surface area (Å²) in [5, 5.41) is 21.4. The van der Waals surface area contributed by atoms with Crippen LogP contribution >= 0.6 is 11.6 Å². The highest BCUT2D eigenvalue weighted by Gasteiger charge is 2.37. The maximum absolute atomic E-state index is 12.1. The number of carboxylic acids is 1. The lowest BCUT2D eigenvalue weighted by atomic mass is 10.0. The molecule has 1 saturated heterocycles. The molecular formula is C18H22ClN3O4. The van der Waals surface area contributed by atoms with Gasteiger partial charge >= 0.3 is 12.1 Å². The van der Waals surface area contributed by atoms with Crippen molar-refractivity contribution in [1.82, 2.24) is 5.32 Å². The number of amides is 1. The highest BCUT2D eigenvalue weighted by atomic mass is 35.5. The summed E-state index contributed by atoms with van der Waals surface area (Å²) < 4.78 is 5.31. The predicted molar refractivity (Wildman–Crippen MR) is 97.7 cm³/mol. The Morgan fingerprint density at radius 1 is 1.42 bits per heavy atom. The summed E-state index contributed by atoms with van der Waals surface area (Å²) in [6.45, 7) is 8.35. The maximum atomic E-state index is 12.1. The molecule has 0 saturated carbocycles. The van der Waals surface area contributed by atoms with Crippen molar-refractivity contribution in [3.8, 4) is 6.07 Å². The van der Waals surface area contributed by atoms with E-state index in [0.717, 1.165) is 0 Å². The minimum absolute atomic E-state index is 0.0645. The number of carboxylic acid groups (broad SMARTS) is 1. The first-order valence-electron chi connectivity index (χ1n) is 8.18. The number of carbonyl (C=O) groups excluding carboxylic acids is 1. The van der Waals surface area contributed by atoms with Gasteiger partial charge in [0.15, 0.2) is 0 Å². The van der Waals surface area contributed by atoms with Crippen LogP contribution in [0.1, 0.15) is 50.0 Å². The highest BCUT2D eigenvalue weighted by molar-refractivity contribution is 6.35. The van der Waals surface area contributed by atoms with E-state index in [4.69, 9.17) is 21.4 Å². The number of hydrogen-bond acceptors (Lipinski definition) is 5. The number of hydrogen-bond donors (Lipinski definition) is 2. The van der Waals surface area contributed by atoms with Crippen molar-refractivity contribution in [2.75, 3.05) is 18.0 Å². The number of benzene rings is 1. The van der Waals surface area contributed by atoms with E-state index in [0.29, 0.717) is 25.2 Å². The summed E-state index contributed by atoms with van der Waals surface area (Å²) in [4.78, 5) is 25.2. The molecule has 0 aromatic heterocycles. The van der Waals surface area contributed by atoms with Gasteiger partial charge in [0.25, 0.3) is 0 Å². The molecule has 0 radical (unpaired) electrons. The molecule has 1 aromatic carbocycles. The number of nitriles is 1. The molecule has 2 rings (SSSR count). The third-order valence-corrected chi connectivity index (χ3v) is 4.46. The molecule has 140 valence electrons. The summed E-state index contributed by atoms with van der Waals surface area (Å²) in [5.41, 5.74) is -0.733. The summed E-state index contributed by atoms with van der Waals surface area (Å²) >= 11 is 6.28. The van der Waals surface area contributed by atoms with Crippen LogP contribution in [0.5, 0.6) is 0 Å². The maximum Gasteiger partial charge on any atom is 0.408 e. The first-order chi connectivity index (χ1) is 12.0. The minimum Gasteiger partial charge on any atom is -0.478 e. The quantitative estimate of drug-likeness (QED) is 0.834. The molecule has 0 spiro atoms. The zero-order valence-electron chi connectivity index (χ0n) is 15.2. The topological polar surface area (TPSA) is 103 Å². The molecule has 1 amide bonds. The summed E-state index contributed by atoms with van der Waals surface area (Å²) in [7, 11) is 0. The van der Waals surface area contributed by atoms with Gasteiger partial charge in [0.05, 0.1) is 27.4 Å². The van der Waals surface area contributed by atoms with Crippen LogP contribution in [0, 0.1) is 11.3 Å². The van der Waals surface area contributed by atoms with Gasteiger partial charge in [-0.2, -0.15) is 5.26 Å². The monoisotopic (exact) mass is 379 g/mol. The predicted octanol–water partition coefficient (Wildman–Crippen LogP) is 3.40. The van der Waals surface area contributed by atoms with Gasteiger partial charge in [-0.05, 0) is 46.2 Å². The average Bonchev–Trinajstić information content (AvgIpc) is 2.86. The van der Waals surface area contributed by atoms with Crippen molar-refractivity contribution < 1.29 is 19.4 Å². The molecule has 1 heterocycles. The Kier molecular flexibility index (Phi) is 5.38. The Morgan fingerprint density at radius 2 is 2.08 bits per heavy atom. The van der Waals surface area contributed by atoms with Gasteiger partial charge in [-0.3, -0.25) is 0 Å². The number of alkyl carbamates (subject to hydrolysis) is 1. The molecule has 26 heavy (non-hydrogen) atoms. The van der Waals surface area contributed by atoms with Gasteiger partial charge in [-0.15, -0.1) is 0 Å². The van der Waals surface area contributed by atoms with Crippen molar-refractivity contribution in [1.29, 1.82) is 5.26 Å². The van der Waals surface area contributed by atoms with Gasteiger partial charge in [-0.25, -0.2) is 9.59 Å². The molecule has 8 heteroatoms. The normalized spacial score (nSPS) is 19.8. The van der Waals surface area contributed by atoms with Crippen molar-refractivity contribution in [3.63, 3.8) is 0 Å². The van der Waals surface area contributed by atoms with Gasteiger partial charge in [-0.1, -0.05) is 11.6 Å².